The molecule has 0 aromatic heterocycles. The topological polar surface area (TPSA) is 96.0 Å². The van der Waals surface area contributed by atoms with Gasteiger partial charge < -0.3 is 15.0 Å². The number of benzene rings is 4. The lowest BCUT2D eigenvalue weighted by Crippen LogP contribution is -2.54. The highest BCUT2D eigenvalue weighted by Gasteiger charge is 2.35. The molecule has 4 aromatic rings. The number of nitrogens with zero attached hydrogens (tertiary/aromatic N) is 2. The van der Waals surface area contributed by atoms with E-state index in [0.717, 1.165) is 9.87 Å². The van der Waals surface area contributed by atoms with Gasteiger partial charge in [0.05, 0.1) is 17.2 Å². The van der Waals surface area contributed by atoms with Gasteiger partial charge in [0, 0.05) is 23.5 Å². The smallest absolute Gasteiger partial charge is 0.264 e. The second kappa shape index (κ2) is 16.6. The summed E-state index contributed by atoms with van der Waals surface area (Å²) in [5, 5.41) is 3.00. The lowest BCUT2D eigenvalue weighted by atomic mass is 10.0. The van der Waals surface area contributed by atoms with Crippen molar-refractivity contribution in [1.29, 1.82) is 0 Å². The molecule has 248 valence electrons. The van der Waals surface area contributed by atoms with E-state index >= 15 is 0 Å². The Bertz CT molecular complexity index is 1720. The fourth-order valence-electron chi connectivity index (χ4n) is 4.92. The normalized spacial score (nSPS) is 12.5. The van der Waals surface area contributed by atoms with Crippen LogP contribution in [0.5, 0.6) is 5.75 Å². The molecule has 0 aliphatic rings. The van der Waals surface area contributed by atoms with Crippen molar-refractivity contribution in [2.24, 2.45) is 0 Å². The minimum absolute atomic E-state index is 0.0113. The van der Waals surface area contributed by atoms with E-state index in [1.807, 2.05) is 51.1 Å². The molecule has 1 N–H and O–H groups in total. The van der Waals surface area contributed by atoms with Crippen molar-refractivity contribution in [2.75, 3.05) is 17.5 Å². The molecule has 0 heterocycles. The van der Waals surface area contributed by atoms with Gasteiger partial charge in [-0.25, -0.2) is 12.8 Å². The number of sulfonamides is 1. The van der Waals surface area contributed by atoms with E-state index < -0.39 is 34.3 Å². The number of nitrogens with one attached hydrogen (secondary N) is 1. The fourth-order valence-corrected chi connectivity index (χ4v) is 6.60. The van der Waals surface area contributed by atoms with Crippen LogP contribution in [-0.4, -0.2) is 50.4 Å². The third kappa shape index (κ3) is 9.65. The molecule has 47 heavy (non-hydrogen) atoms. The zero-order valence-corrected chi connectivity index (χ0v) is 29.0. The Balaban J connectivity index is 1.80. The Labute approximate surface area is 284 Å². The molecule has 0 aliphatic carbocycles. The van der Waals surface area contributed by atoms with Crippen LogP contribution in [0.1, 0.15) is 38.3 Å². The molecule has 0 saturated carbocycles. The van der Waals surface area contributed by atoms with Gasteiger partial charge in [-0.2, -0.15) is 0 Å². The Hall–Kier alpha value is -4.22. The Morgan fingerprint density at radius 3 is 2.11 bits per heavy atom. The highest BCUT2D eigenvalue weighted by molar-refractivity contribution is 9.10. The predicted molar refractivity (Wildman–Crippen MR) is 185 cm³/mol. The van der Waals surface area contributed by atoms with Crippen molar-refractivity contribution < 1.29 is 27.1 Å². The van der Waals surface area contributed by atoms with Crippen molar-refractivity contribution in [2.45, 2.75) is 57.1 Å². The van der Waals surface area contributed by atoms with Crippen LogP contribution in [0.25, 0.3) is 0 Å². The lowest BCUT2D eigenvalue weighted by molar-refractivity contribution is -0.140. The molecule has 11 heteroatoms. The fraction of sp³-hybridized carbons (Fsp3) is 0.278. The first-order valence-corrected chi connectivity index (χ1v) is 17.6. The van der Waals surface area contributed by atoms with Gasteiger partial charge in [0.2, 0.25) is 11.8 Å². The molecular formula is C36H39BrFN3O5S. The van der Waals surface area contributed by atoms with Crippen molar-refractivity contribution in [3.05, 3.63) is 125 Å². The summed E-state index contributed by atoms with van der Waals surface area (Å²) in [6, 6.07) is 26.4. The zero-order valence-electron chi connectivity index (χ0n) is 26.6. The largest absolute Gasteiger partial charge is 0.494 e. The maximum atomic E-state index is 14.5. The van der Waals surface area contributed by atoms with Gasteiger partial charge in [0.1, 0.15) is 24.2 Å². The number of hydrogen-bond acceptors (Lipinski definition) is 5. The maximum absolute atomic E-state index is 14.5. The summed E-state index contributed by atoms with van der Waals surface area (Å²) >= 11 is 3.35. The molecule has 0 radical (unpaired) electrons. The quantitative estimate of drug-likeness (QED) is 0.147. The van der Waals surface area contributed by atoms with Gasteiger partial charge in [-0.05, 0) is 92.1 Å². The molecule has 2 amide bonds. The van der Waals surface area contributed by atoms with Crippen molar-refractivity contribution in [3.63, 3.8) is 0 Å². The summed E-state index contributed by atoms with van der Waals surface area (Å²) in [5.41, 5.74) is 1.65. The van der Waals surface area contributed by atoms with Crippen molar-refractivity contribution in [1.82, 2.24) is 10.2 Å². The van der Waals surface area contributed by atoms with Gasteiger partial charge in [0.25, 0.3) is 10.0 Å². The van der Waals surface area contributed by atoms with Gasteiger partial charge in [-0.15, -0.1) is 0 Å². The average molecular weight is 725 g/mol. The van der Waals surface area contributed by atoms with E-state index in [0.29, 0.717) is 28.8 Å². The maximum Gasteiger partial charge on any atom is 0.264 e. The summed E-state index contributed by atoms with van der Waals surface area (Å²) in [4.78, 5) is 29.8. The summed E-state index contributed by atoms with van der Waals surface area (Å²) < 4.78 is 49.5. The van der Waals surface area contributed by atoms with Crippen molar-refractivity contribution in [3.8, 4) is 5.75 Å². The second-order valence-electron chi connectivity index (χ2n) is 11.1. The second-order valence-corrected chi connectivity index (χ2v) is 13.8. The third-order valence-corrected chi connectivity index (χ3v) is 9.97. The van der Waals surface area contributed by atoms with Crippen LogP contribution in [0.4, 0.5) is 10.1 Å². The minimum Gasteiger partial charge on any atom is -0.494 e. The first kappa shape index (κ1) is 35.6. The summed E-state index contributed by atoms with van der Waals surface area (Å²) in [5.74, 6) is -0.874. The van der Waals surface area contributed by atoms with E-state index in [1.165, 1.54) is 29.2 Å². The lowest BCUT2D eigenvalue weighted by Gasteiger charge is -2.34. The Morgan fingerprint density at radius 1 is 0.872 bits per heavy atom. The van der Waals surface area contributed by atoms with E-state index in [9.17, 15) is 22.4 Å². The molecule has 0 unspecified atom stereocenters. The van der Waals surface area contributed by atoms with Gasteiger partial charge in [-0.3, -0.25) is 13.9 Å². The van der Waals surface area contributed by atoms with E-state index in [-0.39, 0.29) is 35.5 Å². The summed E-state index contributed by atoms with van der Waals surface area (Å²) in [6.45, 7) is 5.44. The standard InChI is InChI=1S/C36H39BrFN3O5S/c1-4-26(3)39-36(43)34(23-27-9-7-6-8-10-27)40(24-28-11-15-30(38)16-12-28)35(42)25-41(31-17-19-32(20-18-31)46-5-2)47(44,45)33-21-13-29(37)14-22-33/h6-22,26,34H,4-5,23-25H2,1-3H3,(H,39,43)/t26-,34-/m1/s1. The monoisotopic (exact) mass is 723 g/mol. The molecule has 0 bridgehead atoms. The first-order chi connectivity index (χ1) is 22.5. The minimum atomic E-state index is -4.26. The first-order valence-electron chi connectivity index (χ1n) is 15.4. The van der Waals surface area contributed by atoms with Crippen LogP contribution in [0, 0.1) is 5.82 Å². The van der Waals surface area contributed by atoms with Crippen LogP contribution in [0.3, 0.4) is 0 Å². The van der Waals surface area contributed by atoms with Crippen LogP contribution in [0.15, 0.2) is 112 Å². The Morgan fingerprint density at radius 2 is 1.51 bits per heavy atom. The van der Waals surface area contributed by atoms with Crippen LogP contribution >= 0.6 is 15.9 Å². The molecule has 0 spiro atoms. The molecule has 8 nitrogen and oxygen atoms in total. The average Bonchev–Trinajstić information content (AvgIpc) is 3.07. The zero-order chi connectivity index (χ0) is 34.0. The number of amides is 2. The van der Waals surface area contributed by atoms with E-state index in [2.05, 4.69) is 21.2 Å². The highest BCUT2D eigenvalue weighted by atomic mass is 79.9. The molecule has 2 atom stereocenters. The SMILES string of the molecule is CCOc1ccc(N(CC(=O)N(Cc2ccc(F)cc2)[C@H](Cc2ccccc2)C(=O)N[C@H](C)CC)S(=O)(=O)c2ccc(Br)cc2)cc1. The van der Waals surface area contributed by atoms with Crippen LogP contribution in [-0.2, 0) is 32.6 Å². The molecule has 4 aromatic carbocycles. The van der Waals surface area contributed by atoms with E-state index in [4.69, 9.17) is 4.74 Å². The number of carbonyl (C=O) groups is 2. The van der Waals surface area contributed by atoms with Crippen LogP contribution in [0.2, 0.25) is 0 Å². The molecule has 0 aliphatic heterocycles. The van der Waals surface area contributed by atoms with Gasteiger partial charge >= 0.3 is 0 Å². The predicted octanol–water partition coefficient (Wildman–Crippen LogP) is 6.74. The number of rotatable bonds is 15. The van der Waals surface area contributed by atoms with Gasteiger partial charge in [-0.1, -0.05) is 65.3 Å². The number of halogens is 2. The third-order valence-electron chi connectivity index (χ3n) is 7.65. The van der Waals surface area contributed by atoms with E-state index in [1.54, 1.807) is 48.5 Å². The highest BCUT2D eigenvalue weighted by Crippen LogP contribution is 2.28. The number of hydrogen-bond donors (Lipinski definition) is 1. The number of carbonyl (C=O) groups excluding carboxylic acids is 2. The number of anilines is 1. The van der Waals surface area contributed by atoms with Crippen LogP contribution < -0.4 is 14.4 Å². The molecular weight excluding hydrogens is 685 g/mol. The van der Waals surface area contributed by atoms with Crippen molar-refractivity contribution >= 4 is 43.5 Å². The molecule has 4 rings (SSSR count). The Kier molecular flexibility index (Phi) is 12.6. The summed E-state index contributed by atoms with van der Waals surface area (Å²) in [6.07, 6.45) is 0.852. The molecule has 0 fully saturated rings. The summed E-state index contributed by atoms with van der Waals surface area (Å²) in [7, 11) is -4.26. The number of ether oxygens (including phenoxy) is 1. The molecule has 0 saturated heterocycles. The van der Waals surface area contributed by atoms with Gasteiger partial charge in [0.15, 0.2) is 0 Å².